The first-order valence-electron chi connectivity index (χ1n) is 12.8. The Morgan fingerprint density at radius 1 is 0.946 bits per heavy atom. The van der Waals surface area contributed by atoms with Gasteiger partial charge < -0.3 is 10.6 Å². The lowest BCUT2D eigenvalue weighted by Crippen LogP contribution is -2.47. The second kappa shape index (κ2) is 12.3. The summed E-state index contributed by atoms with van der Waals surface area (Å²) in [7, 11) is 0. The molecule has 4 N–H and O–H groups in total. The number of rotatable bonds is 9. The van der Waals surface area contributed by atoms with Crippen LogP contribution in [0.4, 0.5) is 0 Å². The number of nitrogens with zero attached hydrogens (tertiary/aromatic N) is 1. The zero-order chi connectivity index (χ0) is 25.5. The van der Waals surface area contributed by atoms with E-state index in [1.165, 1.54) is 11.1 Å². The van der Waals surface area contributed by atoms with Gasteiger partial charge in [0.25, 0.3) is 11.4 Å². The van der Waals surface area contributed by atoms with E-state index in [1.807, 2.05) is 66.7 Å². The van der Waals surface area contributed by atoms with Gasteiger partial charge in [-0.25, -0.2) is 0 Å². The predicted molar refractivity (Wildman–Crippen MR) is 150 cm³/mol. The summed E-state index contributed by atoms with van der Waals surface area (Å²) < 4.78 is 14.1. The first-order chi connectivity index (χ1) is 18.2. The highest BCUT2D eigenvalue weighted by molar-refractivity contribution is 7.89. The van der Waals surface area contributed by atoms with Crippen LogP contribution in [0.3, 0.4) is 0 Å². The van der Waals surface area contributed by atoms with Crippen LogP contribution in [0.2, 0.25) is 0 Å². The van der Waals surface area contributed by atoms with E-state index in [-0.39, 0.29) is 23.7 Å². The SMILES string of the molecule is O=C(NCC(c1ccccc1)c1ccccc1)[C@@H]1CNCC(CN[S+](O)c2cccc3cccnc23)C1. The molecule has 1 saturated heterocycles. The number of piperidine rings is 1. The van der Waals surface area contributed by atoms with Gasteiger partial charge >= 0.3 is 0 Å². The Labute approximate surface area is 221 Å². The molecule has 1 amide bonds. The molecule has 3 atom stereocenters. The number of aromatic nitrogens is 1. The monoisotopic (exact) mass is 513 g/mol. The number of nitrogens with one attached hydrogen (secondary N) is 3. The molecule has 5 rings (SSSR count). The Kier molecular flexibility index (Phi) is 8.48. The molecule has 190 valence electrons. The highest BCUT2D eigenvalue weighted by atomic mass is 32.2. The van der Waals surface area contributed by atoms with Crippen molar-refractivity contribution in [3.05, 3.63) is 108 Å². The first-order valence-corrected chi connectivity index (χ1v) is 14.0. The Hall–Kier alpha value is -3.23. The number of benzene rings is 3. The molecule has 0 spiro atoms. The third-order valence-corrected chi connectivity index (χ3v) is 8.20. The van der Waals surface area contributed by atoms with Crippen LogP contribution in [-0.2, 0) is 16.2 Å². The highest BCUT2D eigenvalue weighted by Crippen LogP contribution is 2.25. The second-order valence-electron chi connectivity index (χ2n) is 9.54. The van der Waals surface area contributed by atoms with Crippen molar-refractivity contribution in [2.45, 2.75) is 17.2 Å². The Morgan fingerprint density at radius 2 is 1.65 bits per heavy atom. The summed E-state index contributed by atoms with van der Waals surface area (Å²) in [5.74, 6) is 0.322. The molecule has 0 saturated carbocycles. The smallest absolute Gasteiger partial charge is 0.277 e. The molecular formula is C30H33N4O2S+. The normalized spacial score (nSPS) is 18.5. The number of hydrogen-bond donors (Lipinski definition) is 4. The fourth-order valence-corrected chi connectivity index (χ4v) is 6.15. The largest absolute Gasteiger partial charge is 0.355 e. The maximum Gasteiger partial charge on any atom is 0.277 e. The number of fused-ring (bicyclic) bond motifs is 1. The van der Waals surface area contributed by atoms with Crippen molar-refractivity contribution in [3.8, 4) is 0 Å². The van der Waals surface area contributed by atoms with Gasteiger partial charge in [-0.3, -0.25) is 9.78 Å². The maximum absolute atomic E-state index is 13.2. The Bertz CT molecular complexity index is 1260. The fourth-order valence-electron chi connectivity index (χ4n) is 5.04. The van der Waals surface area contributed by atoms with Crippen LogP contribution < -0.4 is 15.4 Å². The quantitative estimate of drug-likeness (QED) is 0.250. The van der Waals surface area contributed by atoms with Gasteiger partial charge in [0.05, 0.1) is 5.92 Å². The van der Waals surface area contributed by atoms with Gasteiger partial charge in [0.1, 0.15) is 5.52 Å². The van der Waals surface area contributed by atoms with E-state index in [9.17, 15) is 9.35 Å². The maximum atomic E-state index is 13.2. The zero-order valence-electron chi connectivity index (χ0n) is 20.7. The number of pyridine rings is 1. The number of carbonyl (C=O) groups is 1. The fraction of sp³-hybridized carbons (Fsp3) is 0.267. The van der Waals surface area contributed by atoms with Crippen molar-refractivity contribution in [1.82, 2.24) is 20.3 Å². The van der Waals surface area contributed by atoms with Crippen molar-refractivity contribution >= 4 is 28.2 Å². The Morgan fingerprint density at radius 3 is 2.38 bits per heavy atom. The number of amides is 1. The molecule has 1 aliphatic heterocycles. The molecule has 0 bridgehead atoms. The lowest BCUT2D eigenvalue weighted by Gasteiger charge is -2.29. The van der Waals surface area contributed by atoms with E-state index < -0.39 is 11.4 Å². The van der Waals surface area contributed by atoms with Gasteiger partial charge in [-0.05, 0) is 36.1 Å². The molecule has 2 heterocycles. The van der Waals surface area contributed by atoms with Crippen molar-refractivity contribution in [1.29, 1.82) is 0 Å². The molecule has 7 heteroatoms. The first kappa shape index (κ1) is 25.4. The summed E-state index contributed by atoms with van der Waals surface area (Å²) >= 11 is -1.12. The standard InChI is InChI=1S/C30H32N4O2S/c35-30(33-21-27(23-9-3-1-4-10-23)24-11-5-2-6-12-24)26-17-22(18-31-20-26)19-34-37(36)28-15-7-13-25-14-8-16-32-29(25)28/h1-16,22,26-27,31,34,36H,17-21H2/p+1/t22?,26-,37?/m0/s1. The average Bonchev–Trinajstić information content (AvgIpc) is 2.97. The van der Waals surface area contributed by atoms with Gasteiger partial charge in [-0.2, -0.15) is 4.55 Å². The van der Waals surface area contributed by atoms with Gasteiger partial charge in [-0.1, -0.05) is 78.9 Å². The highest BCUT2D eigenvalue weighted by Gasteiger charge is 2.31. The second-order valence-corrected chi connectivity index (χ2v) is 10.8. The molecule has 1 aliphatic rings. The van der Waals surface area contributed by atoms with E-state index in [0.29, 0.717) is 19.6 Å². The molecule has 1 fully saturated rings. The molecule has 0 aliphatic carbocycles. The van der Waals surface area contributed by atoms with Crippen molar-refractivity contribution in [3.63, 3.8) is 0 Å². The van der Waals surface area contributed by atoms with Crippen LogP contribution >= 0.6 is 0 Å². The average molecular weight is 514 g/mol. The van der Waals surface area contributed by atoms with Crippen molar-refractivity contribution in [2.24, 2.45) is 11.8 Å². The van der Waals surface area contributed by atoms with Crippen LogP contribution in [0.1, 0.15) is 23.5 Å². The summed E-state index contributed by atoms with van der Waals surface area (Å²) in [5, 5.41) is 7.65. The Balaban J connectivity index is 1.17. The van der Waals surface area contributed by atoms with Gasteiger partial charge in [-0.15, -0.1) is 4.72 Å². The number of carbonyl (C=O) groups excluding carboxylic acids is 1. The predicted octanol–water partition coefficient (Wildman–Crippen LogP) is 4.36. The van der Waals surface area contributed by atoms with Gasteiger partial charge in [0.2, 0.25) is 10.8 Å². The third-order valence-electron chi connectivity index (χ3n) is 7.01. The lowest BCUT2D eigenvalue weighted by molar-refractivity contribution is -0.125. The number of hydrogen-bond acceptors (Lipinski definition) is 5. The summed E-state index contributed by atoms with van der Waals surface area (Å²) in [6, 6.07) is 30.4. The zero-order valence-corrected chi connectivity index (χ0v) is 21.5. The minimum atomic E-state index is -1.12. The van der Waals surface area contributed by atoms with Crippen LogP contribution in [0, 0.1) is 11.8 Å². The molecule has 37 heavy (non-hydrogen) atoms. The minimum absolute atomic E-state index is 0.0790. The van der Waals surface area contributed by atoms with E-state index in [4.69, 9.17) is 0 Å². The molecule has 1 aromatic heterocycles. The van der Waals surface area contributed by atoms with Crippen LogP contribution in [-0.4, -0.2) is 41.6 Å². The third kappa shape index (κ3) is 6.37. The van der Waals surface area contributed by atoms with Crippen molar-refractivity contribution in [2.75, 3.05) is 26.2 Å². The van der Waals surface area contributed by atoms with Crippen molar-refractivity contribution < 1.29 is 9.35 Å². The summed E-state index contributed by atoms with van der Waals surface area (Å²) in [4.78, 5) is 18.4. The van der Waals surface area contributed by atoms with E-state index >= 15 is 0 Å². The van der Waals surface area contributed by atoms with Crippen LogP contribution in [0.5, 0.6) is 0 Å². The molecule has 3 aromatic carbocycles. The van der Waals surface area contributed by atoms with Crippen LogP contribution in [0.15, 0.2) is 102 Å². The van der Waals surface area contributed by atoms with E-state index in [2.05, 4.69) is 44.6 Å². The summed E-state index contributed by atoms with van der Waals surface area (Å²) in [5.41, 5.74) is 3.19. The molecule has 6 nitrogen and oxygen atoms in total. The topological polar surface area (TPSA) is 86.3 Å². The van der Waals surface area contributed by atoms with Crippen LogP contribution in [0.25, 0.3) is 10.9 Å². The van der Waals surface area contributed by atoms with E-state index in [1.54, 1.807) is 6.20 Å². The van der Waals surface area contributed by atoms with Gasteiger partial charge in [0.15, 0.2) is 0 Å². The molecule has 0 radical (unpaired) electrons. The minimum Gasteiger partial charge on any atom is -0.355 e. The number of para-hydroxylation sites is 1. The molecule has 2 unspecified atom stereocenters. The van der Waals surface area contributed by atoms with Gasteiger partial charge in [0, 0.05) is 43.2 Å². The lowest BCUT2D eigenvalue weighted by atomic mass is 9.88. The van der Waals surface area contributed by atoms with E-state index in [0.717, 1.165) is 28.8 Å². The summed E-state index contributed by atoms with van der Waals surface area (Å²) in [6.45, 7) is 2.66. The molecule has 4 aromatic rings. The summed E-state index contributed by atoms with van der Waals surface area (Å²) in [6.07, 6.45) is 2.52. The molecular weight excluding hydrogens is 480 g/mol.